The van der Waals surface area contributed by atoms with Crippen LogP contribution in [0.25, 0.3) is 0 Å². The summed E-state index contributed by atoms with van der Waals surface area (Å²) in [4.78, 5) is 11.8. The lowest BCUT2D eigenvalue weighted by Crippen LogP contribution is -2.17. The molecule has 0 fully saturated rings. The van der Waals surface area contributed by atoms with Crippen LogP contribution in [0.4, 0.5) is 0 Å². The van der Waals surface area contributed by atoms with Gasteiger partial charge in [-0.3, -0.25) is 4.79 Å². The molecule has 0 heterocycles. The Hall–Kier alpha value is -2.33. The average molecular weight is 303 g/mol. The minimum Gasteiger partial charge on any atom is -0.496 e. The fourth-order valence-electron chi connectivity index (χ4n) is 1.81. The number of nitrogens with one attached hydrogen (secondary N) is 1. The maximum atomic E-state index is 11.8. The molecular formula is C16H15ClN2O2. The zero-order valence-electron chi connectivity index (χ0n) is 11.8. The molecule has 2 aromatic carbocycles. The van der Waals surface area contributed by atoms with E-state index in [-0.39, 0.29) is 5.91 Å². The van der Waals surface area contributed by atoms with Gasteiger partial charge in [0.2, 0.25) is 0 Å². The van der Waals surface area contributed by atoms with E-state index >= 15 is 0 Å². The summed E-state index contributed by atoms with van der Waals surface area (Å²) >= 11 is 5.77. The van der Waals surface area contributed by atoms with Crippen LogP contribution in [0.1, 0.15) is 21.5 Å². The first-order chi connectivity index (χ1) is 10.1. The Balaban J connectivity index is 2.00. The first-order valence-corrected chi connectivity index (χ1v) is 6.71. The van der Waals surface area contributed by atoms with Crippen LogP contribution in [0.5, 0.6) is 5.75 Å². The standard InChI is InChI=1S/C16H15ClN2O2/c1-11-9-12(3-8-15(11)21-2)10-18-19-16(20)13-4-6-14(17)7-5-13/h3-10H,1-2H3,(H,19,20). The largest absolute Gasteiger partial charge is 0.496 e. The minimum absolute atomic E-state index is 0.284. The molecule has 0 aliphatic carbocycles. The van der Waals surface area contributed by atoms with Gasteiger partial charge in [-0.05, 0) is 60.5 Å². The second kappa shape index (κ2) is 6.90. The number of benzene rings is 2. The predicted octanol–water partition coefficient (Wildman–Crippen LogP) is 3.42. The molecule has 0 radical (unpaired) electrons. The molecule has 0 bridgehead atoms. The van der Waals surface area contributed by atoms with Gasteiger partial charge in [0.05, 0.1) is 13.3 Å². The number of ether oxygens (including phenoxy) is 1. The molecule has 1 N–H and O–H groups in total. The zero-order chi connectivity index (χ0) is 15.2. The number of rotatable bonds is 4. The second-order valence-corrected chi connectivity index (χ2v) is 4.87. The summed E-state index contributed by atoms with van der Waals surface area (Å²) in [7, 11) is 1.63. The van der Waals surface area contributed by atoms with Crippen LogP contribution in [-0.4, -0.2) is 19.2 Å². The number of amides is 1. The van der Waals surface area contributed by atoms with Gasteiger partial charge in [0, 0.05) is 10.6 Å². The number of carbonyl (C=O) groups is 1. The lowest BCUT2D eigenvalue weighted by Gasteiger charge is -2.04. The number of hydrazone groups is 1. The summed E-state index contributed by atoms with van der Waals surface area (Å²) in [6, 6.07) is 12.3. The van der Waals surface area contributed by atoms with Crippen LogP contribution in [0.3, 0.4) is 0 Å². The van der Waals surface area contributed by atoms with E-state index in [0.717, 1.165) is 16.9 Å². The van der Waals surface area contributed by atoms with Crippen molar-refractivity contribution in [2.75, 3.05) is 7.11 Å². The van der Waals surface area contributed by atoms with Crippen molar-refractivity contribution in [1.82, 2.24) is 5.43 Å². The number of hydrogen-bond acceptors (Lipinski definition) is 3. The summed E-state index contributed by atoms with van der Waals surface area (Å²) in [5.74, 6) is 0.533. The Morgan fingerprint density at radius 1 is 1.24 bits per heavy atom. The number of methoxy groups -OCH3 is 1. The van der Waals surface area contributed by atoms with Crippen LogP contribution in [0.15, 0.2) is 47.6 Å². The van der Waals surface area contributed by atoms with Crippen molar-refractivity contribution in [1.29, 1.82) is 0 Å². The van der Waals surface area contributed by atoms with Gasteiger partial charge in [-0.15, -0.1) is 0 Å². The average Bonchev–Trinajstić information content (AvgIpc) is 2.48. The summed E-state index contributed by atoms with van der Waals surface area (Å²) in [6.45, 7) is 1.95. The van der Waals surface area contributed by atoms with Gasteiger partial charge in [-0.2, -0.15) is 5.10 Å². The Morgan fingerprint density at radius 2 is 1.95 bits per heavy atom. The van der Waals surface area contributed by atoms with Gasteiger partial charge < -0.3 is 4.74 Å². The first-order valence-electron chi connectivity index (χ1n) is 6.34. The van der Waals surface area contributed by atoms with E-state index < -0.39 is 0 Å². The van der Waals surface area contributed by atoms with Gasteiger partial charge in [-0.25, -0.2) is 5.43 Å². The van der Waals surface area contributed by atoms with E-state index in [0.29, 0.717) is 10.6 Å². The highest BCUT2D eigenvalue weighted by Crippen LogP contribution is 2.17. The maximum Gasteiger partial charge on any atom is 0.271 e. The van der Waals surface area contributed by atoms with Crippen LogP contribution in [-0.2, 0) is 0 Å². The molecule has 2 aromatic rings. The molecule has 2 rings (SSSR count). The fraction of sp³-hybridized carbons (Fsp3) is 0.125. The van der Waals surface area contributed by atoms with E-state index in [1.165, 1.54) is 0 Å². The third kappa shape index (κ3) is 4.07. The maximum absolute atomic E-state index is 11.8. The summed E-state index contributed by atoms with van der Waals surface area (Å²) < 4.78 is 5.19. The van der Waals surface area contributed by atoms with Crippen molar-refractivity contribution in [3.8, 4) is 5.75 Å². The third-order valence-electron chi connectivity index (χ3n) is 2.91. The molecule has 0 aromatic heterocycles. The van der Waals surface area contributed by atoms with Gasteiger partial charge >= 0.3 is 0 Å². The number of nitrogens with zero attached hydrogens (tertiary/aromatic N) is 1. The monoisotopic (exact) mass is 302 g/mol. The number of carbonyl (C=O) groups excluding carboxylic acids is 1. The van der Waals surface area contributed by atoms with E-state index in [2.05, 4.69) is 10.5 Å². The van der Waals surface area contributed by atoms with Crippen molar-refractivity contribution < 1.29 is 9.53 Å². The molecule has 0 unspecified atom stereocenters. The quantitative estimate of drug-likeness (QED) is 0.695. The molecule has 0 saturated carbocycles. The topological polar surface area (TPSA) is 50.7 Å². The van der Waals surface area contributed by atoms with Gasteiger partial charge in [0.1, 0.15) is 5.75 Å². The highest BCUT2D eigenvalue weighted by atomic mass is 35.5. The normalized spacial score (nSPS) is 10.6. The lowest BCUT2D eigenvalue weighted by molar-refractivity contribution is 0.0955. The van der Waals surface area contributed by atoms with Crippen LogP contribution in [0.2, 0.25) is 5.02 Å². The molecule has 0 spiro atoms. The van der Waals surface area contributed by atoms with Crippen molar-refractivity contribution in [3.63, 3.8) is 0 Å². The third-order valence-corrected chi connectivity index (χ3v) is 3.16. The molecule has 21 heavy (non-hydrogen) atoms. The Kier molecular flexibility index (Phi) is 4.95. The number of halogens is 1. The van der Waals surface area contributed by atoms with Crippen LogP contribution in [0, 0.1) is 6.92 Å². The van der Waals surface area contributed by atoms with E-state index in [1.807, 2.05) is 25.1 Å². The predicted molar refractivity (Wildman–Crippen MR) is 84.2 cm³/mol. The smallest absolute Gasteiger partial charge is 0.271 e. The van der Waals surface area contributed by atoms with Crippen molar-refractivity contribution in [2.45, 2.75) is 6.92 Å². The number of aryl methyl sites for hydroxylation is 1. The zero-order valence-corrected chi connectivity index (χ0v) is 12.5. The van der Waals surface area contributed by atoms with E-state index in [9.17, 15) is 4.79 Å². The molecule has 1 amide bonds. The van der Waals surface area contributed by atoms with Gasteiger partial charge in [-0.1, -0.05) is 11.6 Å². The highest BCUT2D eigenvalue weighted by molar-refractivity contribution is 6.30. The van der Waals surface area contributed by atoms with Crippen molar-refractivity contribution in [2.24, 2.45) is 5.10 Å². The molecule has 0 atom stereocenters. The highest BCUT2D eigenvalue weighted by Gasteiger charge is 2.03. The second-order valence-electron chi connectivity index (χ2n) is 4.44. The Morgan fingerprint density at radius 3 is 2.57 bits per heavy atom. The fourth-order valence-corrected chi connectivity index (χ4v) is 1.94. The van der Waals surface area contributed by atoms with Crippen molar-refractivity contribution >= 4 is 23.7 Å². The Labute approximate surface area is 128 Å². The van der Waals surface area contributed by atoms with E-state index in [4.69, 9.17) is 16.3 Å². The minimum atomic E-state index is -0.284. The van der Waals surface area contributed by atoms with E-state index in [1.54, 1.807) is 37.6 Å². The summed E-state index contributed by atoms with van der Waals surface area (Å²) in [5, 5.41) is 4.53. The molecule has 0 aliphatic heterocycles. The molecule has 0 aliphatic rings. The van der Waals surface area contributed by atoms with Gasteiger partial charge in [0.15, 0.2) is 0 Å². The molecular weight excluding hydrogens is 288 g/mol. The lowest BCUT2D eigenvalue weighted by atomic mass is 10.1. The first kappa shape index (κ1) is 15.1. The molecule has 4 nitrogen and oxygen atoms in total. The molecule has 5 heteroatoms. The molecule has 0 saturated heterocycles. The Bertz CT molecular complexity index is 666. The molecule has 108 valence electrons. The van der Waals surface area contributed by atoms with Crippen LogP contribution >= 0.6 is 11.6 Å². The van der Waals surface area contributed by atoms with Gasteiger partial charge in [0.25, 0.3) is 5.91 Å². The number of hydrogen-bond donors (Lipinski definition) is 1. The summed E-state index contributed by atoms with van der Waals surface area (Å²) in [6.07, 6.45) is 1.58. The van der Waals surface area contributed by atoms with Crippen LogP contribution < -0.4 is 10.2 Å². The van der Waals surface area contributed by atoms with Crippen molar-refractivity contribution in [3.05, 3.63) is 64.2 Å². The summed E-state index contributed by atoms with van der Waals surface area (Å²) in [5.41, 5.74) is 4.86. The SMILES string of the molecule is COc1ccc(C=NNC(=O)c2ccc(Cl)cc2)cc1C.